The van der Waals surface area contributed by atoms with Crippen molar-refractivity contribution in [3.63, 3.8) is 0 Å². The summed E-state index contributed by atoms with van der Waals surface area (Å²) in [6.45, 7) is 1.79. The van der Waals surface area contributed by atoms with Gasteiger partial charge in [0, 0.05) is 6.54 Å². The number of carbonyl (C=O) groups is 3. The van der Waals surface area contributed by atoms with E-state index < -0.39 is 30.5 Å². The second-order valence-corrected chi connectivity index (χ2v) is 3.61. The molecule has 0 radical (unpaired) electrons. The van der Waals surface area contributed by atoms with Crippen molar-refractivity contribution in [3.05, 3.63) is 0 Å². The van der Waals surface area contributed by atoms with Gasteiger partial charge in [0.2, 0.25) is 0 Å². The summed E-state index contributed by atoms with van der Waals surface area (Å²) in [4.78, 5) is 35.9. The molecule has 3 amide bonds. The number of imide groups is 1. The second kappa shape index (κ2) is 6.41. The van der Waals surface area contributed by atoms with E-state index in [9.17, 15) is 14.4 Å². The topological polar surface area (TPSA) is 104 Å². The van der Waals surface area contributed by atoms with Crippen molar-refractivity contribution in [1.82, 2.24) is 9.80 Å². The van der Waals surface area contributed by atoms with Crippen LogP contribution in [-0.4, -0.2) is 58.5 Å². The SMILES string of the molecule is CC1C(=O)N(CC(=O)O)C(=O)N1CCCN.Cl. The van der Waals surface area contributed by atoms with Crippen LogP contribution in [0.3, 0.4) is 0 Å². The highest BCUT2D eigenvalue weighted by atomic mass is 35.5. The fraction of sp³-hybridized carbons (Fsp3) is 0.667. The summed E-state index contributed by atoms with van der Waals surface area (Å²) >= 11 is 0. The molecule has 98 valence electrons. The maximum absolute atomic E-state index is 11.7. The average Bonchev–Trinajstić information content (AvgIpc) is 2.41. The zero-order valence-electron chi connectivity index (χ0n) is 9.46. The molecule has 1 unspecified atom stereocenters. The van der Waals surface area contributed by atoms with Gasteiger partial charge in [0.15, 0.2) is 0 Å². The smallest absolute Gasteiger partial charge is 0.327 e. The molecule has 1 heterocycles. The number of nitrogens with zero attached hydrogens (tertiary/aromatic N) is 2. The molecule has 1 aliphatic rings. The molecule has 8 heteroatoms. The van der Waals surface area contributed by atoms with E-state index in [-0.39, 0.29) is 12.4 Å². The van der Waals surface area contributed by atoms with E-state index in [1.807, 2.05) is 0 Å². The molecule has 0 aliphatic carbocycles. The highest BCUT2D eigenvalue weighted by molar-refractivity contribution is 6.05. The van der Waals surface area contributed by atoms with Crippen LogP contribution in [0.1, 0.15) is 13.3 Å². The molecule has 0 spiro atoms. The number of carboxylic acid groups (broad SMARTS) is 1. The first kappa shape index (κ1) is 15.7. The van der Waals surface area contributed by atoms with Gasteiger partial charge in [-0.2, -0.15) is 0 Å². The van der Waals surface area contributed by atoms with Crippen LogP contribution in [0.5, 0.6) is 0 Å². The molecule has 0 saturated carbocycles. The Morgan fingerprint density at radius 3 is 2.53 bits per heavy atom. The number of nitrogens with two attached hydrogens (primary N) is 1. The fourth-order valence-electron chi connectivity index (χ4n) is 1.61. The van der Waals surface area contributed by atoms with Gasteiger partial charge in [0.05, 0.1) is 0 Å². The van der Waals surface area contributed by atoms with Crippen LogP contribution < -0.4 is 5.73 Å². The van der Waals surface area contributed by atoms with Crippen molar-refractivity contribution in [1.29, 1.82) is 0 Å². The Bertz CT molecular complexity index is 323. The van der Waals surface area contributed by atoms with Crippen molar-refractivity contribution in [3.8, 4) is 0 Å². The standard InChI is InChI=1S/C9H15N3O4.ClH/c1-6-8(15)12(5-7(13)14)9(16)11(6)4-2-3-10;/h6H,2-5,10H2,1H3,(H,13,14);1H. The van der Waals surface area contributed by atoms with Gasteiger partial charge in [0.1, 0.15) is 12.6 Å². The number of aliphatic carboxylic acids is 1. The van der Waals surface area contributed by atoms with Gasteiger partial charge < -0.3 is 15.7 Å². The van der Waals surface area contributed by atoms with Gasteiger partial charge in [-0.25, -0.2) is 4.79 Å². The monoisotopic (exact) mass is 265 g/mol. The molecule has 7 nitrogen and oxygen atoms in total. The van der Waals surface area contributed by atoms with E-state index in [1.54, 1.807) is 6.92 Å². The number of amides is 3. The summed E-state index contributed by atoms with van der Waals surface area (Å²) in [6.07, 6.45) is 0.588. The molecule has 3 N–H and O–H groups in total. The molecule has 0 bridgehead atoms. The second-order valence-electron chi connectivity index (χ2n) is 3.61. The van der Waals surface area contributed by atoms with E-state index in [1.165, 1.54) is 4.90 Å². The van der Waals surface area contributed by atoms with Crippen LogP contribution >= 0.6 is 12.4 Å². The predicted octanol–water partition coefficient (Wildman–Crippen LogP) is -0.506. The number of halogens is 1. The number of rotatable bonds is 5. The zero-order chi connectivity index (χ0) is 12.3. The Labute approximate surface area is 105 Å². The Hall–Kier alpha value is -1.34. The van der Waals surface area contributed by atoms with Crippen molar-refractivity contribution in [2.75, 3.05) is 19.6 Å². The molecular formula is C9H16ClN3O4. The van der Waals surface area contributed by atoms with E-state index in [4.69, 9.17) is 10.8 Å². The number of hydrogen-bond acceptors (Lipinski definition) is 4. The maximum atomic E-state index is 11.7. The summed E-state index contributed by atoms with van der Waals surface area (Å²) < 4.78 is 0. The lowest BCUT2D eigenvalue weighted by Gasteiger charge is -2.18. The van der Waals surface area contributed by atoms with Gasteiger partial charge in [-0.1, -0.05) is 0 Å². The molecule has 1 fully saturated rings. The van der Waals surface area contributed by atoms with Crippen LogP contribution in [0.2, 0.25) is 0 Å². The van der Waals surface area contributed by atoms with E-state index in [2.05, 4.69) is 0 Å². The normalized spacial score (nSPS) is 19.5. The van der Waals surface area contributed by atoms with Gasteiger partial charge in [-0.3, -0.25) is 14.5 Å². The minimum absolute atomic E-state index is 0. The highest BCUT2D eigenvalue weighted by Crippen LogP contribution is 2.17. The van der Waals surface area contributed by atoms with Crippen molar-refractivity contribution in [2.45, 2.75) is 19.4 Å². The molecule has 1 atom stereocenters. The lowest BCUT2D eigenvalue weighted by molar-refractivity contribution is -0.141. The van der Waals surface area contributed by atoms with Crippen LogP contribution in [0.25, 0.3) is 0 Å². The largest absolute Gasteiger partial charge is 0.480 e. The first-order valence-corrected chi connectivity index (χ1v) is 5.03. The summed E-state index contributed by atoms with van der Waals surface area (Å²) in [5.74, 6) is -1.67. The third-order valence-electron chi connectivity index (χ3n) is 2.46. The van der Waals surface area contributed by atoms with Gasteiger partial charge >= 0.3 is 12.0 Å². The molecular weight excluding hydrogens is 250 g/mol. The van der Waals surface area contributed by atoms with Crippen LogP contribution in [0, 0.1) is 0 Å². The summed E-state index contributed by atoms with van der Waals surface area (Å²) in [6, 6.07) is -1.15. The maximum Gasteiger partial charge on any atom is 0.327 e. The predicted molar refractivity (Wildman–Crippen MR) is 61.8 cm³/mol. The zero-order valence-corrected chi connectivity index (χ0v) is 10.3. The summed E-state index contributed by atoms with van der Waals surface area (Å²) in [5.41, 5.74) is 5.32. The van der Waals surface area contributed by atoms with Gasteiger partial charge in [-0.05, 0) is 19.9 Å². The first-order valence-electron chi connectivity index (χ1n) is 5.03. The summed E-state index contributed by atoms with van der Waals surface area (Å²) in [5, 5.41) is 8.57. The van der Waals surface area contributed by atoms with Gasteiger partial charge in [-0.15, -0.1) is 12.4 Å². The first-order chi connectivity index (χ1) is 7.49. The minimum atomic E-state index is -1.20. The average molecular weight is 266 g/mol. The molecule has 1 rings (SSSR count). The van der Waals surface area contributed by atoms with E-state index in [0.29, 0.717) is 19.5 Å². The van der Waals surface area contributed by atoms with E-state index in [0.717, 1.165) is 4.90 Å². The molecule has 17 heavy (non-hydrogen) atoms. The fourth-order valence-corrected chi connectivity index (χ4v) is 1.61. The van der Waals surface area contributed by atoms with Crippen molar-refractivity contribution in [2.24, 2.45) is 5.73 Å². The number of carbonyl (C=O) groups excluding carboxylic acids is 2. The van der Waals surface area contributed by atoms with Crippen LogP contribution in [0.4, 0.5) is 4.79 Å². The quantitative estimate of drug-likeness (QED) is 0.652. The lowest BCUT2D eigenvalue weighted by Crippen LogP contribution is -2.37. The highest BCUT2D eigenvalue weighted by Gasteiger charge is 2.42. The number of hydrogen-bond donors (Lipinski definition) is 2. The summed E-state index contributed by atoms with van der Waals surface area (Å²) in [7, 11) is 0. The van der Waals surface area contributed by atoms with Crippen molar-refractivity contribution >= 4 is 30.3 Å². The Balaban J connectivity index is 0.00000256. The molecule has 0 aromatic heterocycles. The number of carboxylic acids is 1. The third kappa shape index (κ3) is 3.31. The Morgan fingerprint density at radius 2 is 2.06 bits per heavy atom. The van der Waals surface area contributed by atoms with Crippen molar-refractivity contribution < 1.29 is 19.5 Å². The molecule has 0 aromatic rings. The molecule has 1 aliphatic heterocycles. The number of urea groups is 1. The molecule has 1 saturated heterocycles. The third-order valence-corrected chi connectivity index (χ3v) is 2.46. The minimum Gasteiger partial charge on any atom is -0.480 e. The van der Waals surface area contributed by atoms with Crippen LogP contribution in [-0.2, 0) is 9.59 Å². The Kier molecular flexibility index (Phi) is 5.90. The Morgan fingerprint density at radius 1 is 1.47 bits per heavy atom. The lowest BCUT2D eigenvalue weighted by atomic mass is 10.3. The molecule has 0 aromatic carbocycles. The van der Waals surface area contributed by atoms with Gasteiger partial charge in [0.25, 0.3) is 5.91 Å². The van der Waals surface area contributed by atoms with E-state index >= 15 is 0 Å². The van der Waals surface area contributed by atoms with Crippen LogP contribution in [0.15, 0.2) is 0 Å².